The number of benzene rings is 1. The van der Waals surface area contributed by atoms with Gasteiger partial charge in [0.2, 0.25) is 0 Å². The highest BCUT2D eigenvalue weighted by molar-refractivity contribution is 7.17. The van der Waals surface area contributed by atoms with E-state index in [0.717, 1.165) is 34.0 Å². The molecule has 2 aromatic rings. The van der Waals surface area contributed by atoms with Gasteiger partial charge in [-0.2, -0.15) is 0 Å². The molecule has 1 amide bonds. The van der Waals surface area contributed by atoms with Gasteiger partial charge in [-0.25, -0.2) is 4.98 Å². The van der Waals surface area contributed by atoms with Crippen LogP contribution in [0.3, 0.4) is 0 Å². The summed E-state index contributed by atoms with van der Waals surface area (Å²) in [6.07, 6.45) is 2.21. The van der Waals surface area contributed by atoms with E-state index in [2.05, 4.69) is 41.5 Å². The third kappa shape index (κ3) is 2.68. The molecule has 0 radical (unpaired) electrons. The molecule has 0 spiro atoms. The molecule has 1 aromatic carbocycles. The van der Waals surface area contributed by atoms with Crippen LogP contribution in [0.25, 0.3) is 10.6 Å². The van der Waals surface area contributed by atoms with E-state index in [4.69, 9.17) is 0 Å². The van der Waals surface area contributed by atoms with Crippen molar-refractivity contribution >= 4 is 17.2 Å². The van der Waals surface area contributed by atoms with Gasteiger partial charge in [-0.3, -0.25) is 4.79 Å². The number of aryl methyl sites for hydroxylation is 2. The highest BCUT2D eigenvalue weighted by Crippen LogP contribution is 2.29. The van der Waals surface area contributed by atoms with Crippen LogP contribution in [-0.2, 0) is 0 Å². The summed E-state index contributed by atoms with van der Waals surface area (Å²) in [7, 11) is 0. The van der Waals surface area contributed by atoms with E-state index in [9.17, 15) is 4.79 Å². The Morgan fingerprint density at radius 1 is 1.26 bits per heavy atom. The fourth-order valence-electron chi connectivity index (χ4n) is 1.91. The topological polar surface area (TPSA) is 42.0 Å². The van der Waals surface area contributed by atoms with Crippen LogP contribution < -0.4 is 5.32 Å². The van der Waals surface area contributed by atoms with Gasteiger partial charge in [0.25, 0.3) is 5.91 Å². The van der Waals surface area contributed by atoms with Gasteiger partial charge in [0, 0.05) is 11.6 Å². The van der Waals surface area contributed by atoms with E-state index >= 15 is 0 Å². The quantitative estimate of drug-likeness (QED) is 0.931. The molecular weight excluding hydrogens is 256 g/mol. The summed E-state index contributed by atoms with van der Waals surface area (Å²) >= 11 is 1.47. The summed E-state index contributed by atoms with van der Waals surface area (Å²) in [5, 5.41) is 3.93. The summed E-state index contributed by atoms with van der Waals surface area (Å²) in [5.41, 5.74) is 3.12. The normalized spacial score (nSPS) is 14.4. The van der Waals surface area contributed by atoms with E-state index in [0.29, 0.717) is 6.04 Å². The Morgan fingerprint density at radius 3 is 2.58 bits per heavy atom. The molecular formula is C15H16N2OS. The van der Waals surface area contributed by atoms with Crippen LogP contribution in [0.5, 0.6) is 0 Å². The maximum Gasteiger partial charge on any atom is 0.263 e. The zero-order chi connectivity index (χ0) is 13.4. The Morgan fingerprint density at radius 2 is 1.95 bits per heavy atom. The van der Waals surface area contributed by atoms with Crippen molar-refractivity contribution in [3.8, 4) is 10.6 Å². The van der Waals surface area contributed by atoms with Gasteiger partial charge in [-0.05, 0) is 26.7 Å². The zero-order valence-electron chi connectivity index (χ0n) is 11.1. The number of amides is 1. The molecule has 0 bridgehead atoms. The van der Waals surface area contributed by atoms with Crippen molar-refractivity contribution in [1.82, 2.24) is 10.3 Å². The monoisotopic (exact) mass is 272 g/mol. The first kappa shape index (κ1) is 12.4. The Bertz CT molecular complexity index is 612. The van der Waals surface area contributed by atoms with Gasteiger partial charge in [0.05, 0.1) is 5.69 Å². The van der Waals surface area contributed by atoms with Crippen LogP contribution in [0.4, 0.5) is 0 Å². The first-order chi connectivity index (χ1) is 9.13. The lowest BCUT2D eigenvalue weighted by Gasteiger charge is -1.99. The second kappa shape index (κ2) is 4.78. The minimum atomic E-state index is 0.0239. The number of aromatic nitrogens is 1. The first-order valence-corrected chi connectivity index (χ1v) is 7.30. The third-order valence-corrected chi connectivity index (χ3v) is 4.42. The summed E-state index contributed by atoms with van der Waals surface area (Å²) < 4.78 is 0. The fourth-order valence-corrected chi connectivity index (χ4v) is 2.88. The second-order valence-corrected chi connectivity index (χ2v) is 6.05. The van der Waals surface area contributed by atoms with Gasteiger partial charge in [-0.1, -0.05) is 29.8 Å². The number of hydrogen-bond acceptors (Lipinski definition) is 3. The molecule has 0 aliphatic heterocycles. The number of hydrogen-bond donors (Lipinski definition) is 1. The van der Waals surface area contributed by atoms with Crippen LogP contribution in [0.15, 0.2) is 24.3 Å². The average Bonchev–Trinajstić information content (AvgIpc) is 3.11. The summed E-state index contributed by atoms with van der Waals surface area (Å²) in [6.45, 7) is 3.96. The van der Waals surface area contributed by atoms with Gasteiger partial charge < -0.3 is 5.32 Å². The molecule has 19 heavy (non-hydrogen) atoms. The largest absolute Gasteiger partial charge is 0.349 e. The average molecular weight is 272 g/mol. The van der Waals surface area contributed by atoms with Gasteiger partial charge in [0.1, 0.15) is 9.88 Å². The van der Waals surface area contributed by atoms with E-state index in [1.807, 2.05) is 6.92 Å². The lowest BCUT2D eigenvalue weighted by atomic mass is 10.2. The Labute approximate surface area is 116 Å². The van der Waals surface area contributed by atoms with Crippen molar-refractivity contribution in [3.05, 3.63) is 40.4 Å². The summed E-state index contributed by atoms with van der Waals surface area (Å²) in [5.74, 6) is 0.0239. The van der Waals surface area contributed by atoms with E-state index in [-0.39, 0.29) is 5.91 Å². The maximum atomic E-state index is 12.1. The van der Waals surface area contributed by atoms with E-state index in [1.165, 1.54) is 16.9 Å². The smallest absolute Gasteiger partial charge is 0.263 e. The molecule has 1 aliphatic carbocycles. The molecule has 1 aliphatic rings. The fraction of sp³-hybridized carbons (Fsp3) is 0.333. The number of nitrogens with one attached hydrogen (secondary N) is 1. The van der Waals surface area contributed by atoms with Crippen molar-refractivity contribution in [2.45, 2.75) is 32.7 Å². The van der Waals surface area contributed by atoms with Crippen LogP contribution in [-0.4, -0.2) is 16.9 Å². The van der Waals surface area contributed by atoms with Crippen molar-refractivity contribution in [2.75, 3.05) is 0 Å². The minimum absolute atomic E-state index is 0.0239. The lowest BCUT2D eigenvalue weighted by Crippen LogP contribution is -2.25. The Hall–Kier alpha value is -1.68. The molecule has 0 saturated heterocycles. The minimum Gasteiger partial charge on any atom is -0.349 e. The lowest BCUT2D eigenvalue weighted by molar-refractivity contribution is 0.0954. The standard InChI is InChI=1S/C15H16N2OS/c1-9-3-5-11(6-4-9)15-16-10(2)13(19-15)14(18)17-12-7-8-12/h3-6,12H,7-8H2,1-2H3,(H,17,18). The predicted octanol–water partition coefficient (Wildman–Crippen LogP) is 3.32. The summed E-state index contributed by atoms with van der Waals surface area (Å²) in [4.78, 5) is 17.3. The number of nitrogens with zero attached hydrogens (tertiary/aromatic N) is 1. The van der Waals surface area contributed by atoms with Gasteiger partial charge >= 0.3 is 0 Å². The molecule has 3 rings (SSSR count). The molecule has 3 nitrogen and oxygen atoms in total. The molecule has 1 aromatic heterocycles. The number of carbonyl (C=O) groups is 1. The summed E-state index contributed by atoms with van der Waals surface area (Å²) in [6, 6.07) is 8.62. The van der Waals surface area contributed by atoms with Crippen LogP contribution in [0.1, 0.15) is 33.8 Å². The van der Waals surface area contributed by atoms with Crippen molar-refractivity contribution in [3.63, 3.8) is 0 Å². The number of thiazole rings is 1. The highest BCUT2D eigenvalue weighted by atomic mass is 32.1. The predicted molar refractivity (Wildman–Crippen MR) is 77.5 cm³/mol. The first-order valence-electron chi connectivity index (χ1n) is 6.49. The molecule has 1 saturated carbocycles. The zero-order valence-corrected chi connectivity index (χ0v) is 11.9. The number of rotatable bonds is 3. The van der Waals surface area contributed by atoms with Crippen LogP contribution >= 0.6 is 11.3 Å². The second-order valence-electron chi connectivity index (χ2n) is 5.05. The van der Waals surface area contributed by atoms with Crippen LogP contribution in [0, 0.1) is 13.8 Å². The molecule has 4 heteroatoms. The maximum absolute atomic E-state index is 12.1. The van der Waals surface area contributed by atoms with E-state index in [1.54, 1.807) is 0 Å². The van der Waals surface area contributed by atoms with E-state index < -0.39 is 0 Å². The van der Waals surface area contributed by atoms with Crippen molar-refractivity contribution in [1.29, 1.82) is 0 Å². The third-order valence-electron chi connectivity index (χ3n) is 3.21. The van der Waals surface area contributed by atoms with Crippen molar-refractivity contribution in [2.24, 2.45) is 0 Å². The highest BCUT2D eigenvalue weighted by Gasteiger charge is 2.25. The van der Waals surface area contributed by atoms with Gasteiger partial charge in [0.15, 0.2) is 0 Å². The molecule has 1 fully saturated rings. The van der Waals surface area contributed by atoms with Crippen molar-refractivity contribution < 1.29 is 4.79 Å². The van der Waals surface area contributed by atoms with Gasteiger partial charge in [-0.15, -0.1) is 11.3 Å². The Kier molecular flexibility index (Phi) is 3.11. The number of carbonyl (C=O) groups excluding carboxylic acids is 1. The molecule has 0 unspecified atom stereocenters. The SMILES string of the molecule is Cc1ccc(-c2nc(C)c(C(=O)NC3CC3)s2)cc1. The molecule has 1 heterocycles. The molecule has 98 valence electrons. The molecule has 1 N–H and O–H groups in total. The Balaban J connectivity index is 1.87. The molecule has 0 atom stereocenters. The van der Waals surface area contributed by atoms with Crippen LogP contribution in [0.2, 0.25) is 0 Å².